The van der Waals surface area contributed by atoms with Crippen molar-refractivity contribution in [3.63, 3.8) is 0 Å². The van der Waals surface area contributed by atoms with Crippen LogP contribution in [0.3, 0.4) is 0 Å². The highest BCUT2D eigenvalue weighted by molar-refractivity contribution is 6.30. The molecule has 1 aliphatic heterocycles. The molecule has 0 spiro atoms. The third kappa shape index (κ3) is 3.73. The summed E-state index contributed by atoms with van der Waals surface area (Å²) in [6.45, 7) is 3.77. The zero-order valence-corrected chi connectivity index (χ0v) is 16.3. The van der Waals surface area contributed by atoms with E-state index in [4.69, 9.17) is 11.6 Å². The van der Waals surface area contributed by atoms with E-state index in [9.17, 15) is 9.59 Å². The number of nitrogens with one attached hydrogen (secondary N) is 1. The van der Waals surface area contributed by atoms with Gasteiger partial charge >= 0.3 is 5.69 Å². The van der Waals surface area contributed by atoms with Crippen LogP contribution in [0.2, 0.25) is 5.02 Å². The van der Waals surface area contributed by atoms with Crippen molar-refractivity contribution in [2.24, 2.45) is 5.92 Å². The SMILES string of the molecule is C[C@H]1CCCN(c2nccn3c(=O)n(CC(=O)Nc4cccc(Cl)c4)nc23)C1. The molecule has 3 aromatic rings. The number of carbonyl (C=O) groups is 1. The average molecular weight is 401 g/mol. The second-order valence-electron chi connectivity index (χ2n) is 7.14. The highest BCUT2D eigenvalue weighted by Crippen LogP contribution is 2.23. The summed E-state index contributed by atoms with van der Waals surface area (Å²) in [6.07, 6.45) is 5.44. The van der Waals surface area contributed by atoms with Crippen LogP contribution in [0.15, 0.2) is 41.5 Å². The second-order valence-corrected chi connectivity index (χ2v) is 7.57. The number of hydrogen-bond donors (Lipinski definition) is 1. The fourth-order valence-corrected chi connectivity index (χ4v) is 3.74. The van der Waals surface area contributed by atoms with Gasteiger partial charge in [-0.1, -0.05) is 24.6 Å². The first-order chi connectivity index (χ1) is 13.5. The number of carbonyl (C=O) groups excluding carboxylic acids is 1. The van der Waals surface area contributed by atoms with Crippen molar-refractivity contribution >= 4 is 34.7 Å². The van der Waals surface area contributed by atoms with Crippen molar-refractivity contribution in [1.29, 1.82) is 0 Å². The van der Waals surface area contributed by atoms with Crippen LogP contribution in [0.25, 0.3) is 5.65 Å². The van der Waals surface area contributed by atoms with E-state index in [1.165, 1.54) is 10.8 Å². The number of anilines is 2. The van der Waals surface area contributed by atoms with E-state index in [1.54, 1.807) is 36.7 Å². The lowest BCUT2D eigenvalue weighted by atomic mass is 10.0. The van der Waals surface area contributed by atoms with Crippen LogP contribution in [0.5, 0.6) is 0 Å². The molecule has 8 nitrogen and oxygen atoms in total. The first-order valence-electron chi connectivity index (χ1n) is 9.26. The van der Waals surface area contributed by atoms with Crippen LogP contribution >= 0.6 is 11.6 Å². The summed E-state index contributed by atoms with van der Waals surface area (Å²) in [5.41, 5.74) is 0.668. The average Bonchev–Trinajstić information content (AvgIpc) is 2.97. The van der Waals surface area contributed by atoms with Crippen molar-refractivity contribution in [1.82, 2.24) is 19.2 Å². The molecule has 0 radical (unpaired) electrons. The van der Waals surface area contributed by atoms with Crippen LogP contribution < -0.4 is 15.9 Å². The molecule has 146 valence electrons. The molecular formula is C19H21ClN6O2. The predicted molar refractivity (Wildman–Crippen MR) is 108 cm³/mol. The number of piperidine rings is 1. The van der Waals surface area contributed by atoms with E-state index in [2.05, 4.69) is 27.2 Å². The van der Waals surface area contributed by atoms with E-state index in [-0.39, 0.29) is 18.1 Å². The lowest BCUT2D eigenvalue weighted by Crippen LogP contribution is -2.35. The van der Waals surface area contributed by atoms with E-state index >= 15 is 0 Å². The first kappa shape index (κ1) is 18.5. The Morgan fingerprint density at radius 1 is 1.39 bits per heavy atom. The third-order valence-corrected chi connectivity index (χ3v) is 5.08. The highest BCUT2D eigenvalue weighted by atomic mass is 35.5. The maximum absolute atomic E-state index is 12.7. The van der Waals surface area contributed by atoms with Crippen molar-refractivity contribution in [2.45, 2.75) is 26.3 Å². The van der Waals surface area contributed by atoms with Gasteiger partial charge < -0.3 is 10.2 Å². The van der Waals surface area contributed by atoms with Gasteiger partial charge in [0.05, 0.1) is 0 Å². The Balaban J connectivity index is 1.60. The van der Waals surface area contributed by atoms with Gasteiger partial charge in [-0.05, 0) is 37.0 Å². The molecule has 1 N–H and O–H groups in total. The summed E-state index contributed by atoms with van der Waals surface area (Å²) < 4.78 is 2.60. The summed E-state index contributed by atoms with van der Waals surface area (Å²) in [5, 5.41) is 7.64. The molecule has 1 saturated heterocycles. The number of fused-ring (bicyclic) bond motifs is 1. The van der Waals surface area contributed by atoms with Crippen LogP contribution in [-0.4, -0.2) is 38.2 Å². The van der Waals surface area contributed by atoms with E-state index < -0.39 is 0 Å². The summed E-state index contributed by atoms with van der Waals surface area (Å²) in [7, 11) is 0. The highest BCUT2D eigenvalue weighted by Gasteiger charge is 2.22. The van der Waals surface area contributed by atoms with Gasteiger partial charge in [-0.15, -0.1) is 5.10 Å². The molecular weight excluding hydrogens is 380 g/mol. The predicted octanol–water partition coefficient (Wildman–Crippen LogP) is 2.42. The lowest BCUT2D eigenvalue weighted by molar-refractivity contribution is -0.117. The zero-order chi connectivity index (χ0) is 19.7. The van der Waals surface area contributed by atoms with Gasteiger partial charge in [0, 0.05) is 36.2 Å². The van der Waals surface area contributed by atoms with Crippen LogP contribution in [0, 0.1) is 5.92 Å². The molecule has 1 fully saturated rings. The normalized spacial score (nSPS) is 17.1. The van der Waals surface area contributed by atoms with Gasteiger partial charge in [0.15, 0.2) is 5.82 Å². The number of amides is 1. The van der Waals surface area contributed by atoms with Crippen LogP contribution in [0.4, 0.5) is 11.5 Å². The Bertz CT molecular complexity index is 1080. The molecule has 0 saturated carbocycles. The van der Waals surface area contributed by atoms with Gasteiger partial charge in [-0.25, -0.2) is 18.9 Å². The Labute approximate surface area is 166 Å². The lowest BCUT2D eigenvalue weighted by Gasteiger charge is -2.31. The maximum atomic E-state index is 12.7. The van der Waals surface area contributed by atoms with Crippen molar-refractivity contribution < 1.29 is 4.79 Å². The molecule has 2 aromatic heterocycles. The van der Waals surface area contributed by atoms with Crippen molar-refractivity contribution in [3.05, 3.63) is 52.2 Å². The summed E-state index contributed by atoms with van der Waals surface area (Å²) in [6, 6.07) is 6.84. The Hall–Kier alpha value is -2.87. The number of benzene rings is 1. The van der Waals surface area contributed by atoms with Gasteiger partial charge in [0.1, 0.15) is 6.54 Å². The molecule has 1 atom stereocenters. The largest absolute Gasteiger partial charge is 0.353 e. The van der Waals surface area contributed by atoms with E-state index in [0.29, 0.717) is 28.1 Å². The molecule has 4 rings (SSSR count). The number of halogens is 1. The smallest absolute Gasteiger partial charge is 0.350 e. The summed E-state index contributed by atoms with van der Waals surface area (Å²) in [4.78, 5) is 31.7. The monoisotopic (exact) mass is 400 g/mol. The number of rotatable bonds is 4. The molecule has 1 amide bonds. The molecule has 3 heterocycles. The molecule has 1 aliphatic rings. The molecule has 0 unspecified atom stereocenters. The van der Waals surface area contributed by atoms with Gasteiger partial charge in [0.2, 0.25) is 11.6 Å². The molecule has 9 heteroatoms. The first-order valence-corrected chi connectivity index (χ1v) is 9.63. The fraction of sp³-hybridized carbons (Fsp3) is 0.368. The zero-order valence-electron chi connectivity index (χ0n) is 15.5. The Morgan fingerprint density at radius 2 is 2.25 bits per heavy atom. The Morgan fingerprint density at radius 3 is 3.04 bits per heavy atom. The second kappa shape index (κ2) is 7.63. The fourth-order valence-electron chi connectivity index (χ4n) is 3.55. The van der Waals surface area contributed by atoms with Gasteiger partial charge in [-0.2, -0.15) is 0 Å². The number of aromatic nitrogens is 4. The van der Waals surface area contributed by atoms with Crippen molar-refractivity contribution in [3.8, 4) is 0 Å². The minimum Gasteiger partial charge on any atom is -0.353 e. The standard InChI is InChI=1S/C19H21ClN6O2/c1-13-4-3-8-24(11-13)17-18-23-26(19(28)25(18)9-7-21-17)12-16(27)22-15-6-2-5-14(20)10-15/h2,5-7,9-10,13H,3-4,8,11-12H2,1H3,(H,22,27)/t13-/m0/s1. The summed E-state index contributed by atoms with van der Waals surface area (Å²) in [5.74, 6) is 0.891. The van der Waals surface area contributed by atoms with Crippen LogP contribution in [0.1, 0.15) is 19.8 Å². The molecule has 0 aliphatic carbocycles. The summed E-state index contributed by atoms with van der Waals surface area (Å²) >= 11 is 5.93. The minimum atomic E-state index is -0.370. The van der Waals surface area contributed by atoms with Crippen LogP contribution in [-0.2, 0) is 11.3 Å². The topological polar surface area (TPSA) is 84.5 Å². The van der Waals surface area contributed by atoms with E-state index in [0.717, 1.165) is 24.2 Å². The van der Waals surface area contributed by atoms with E-state index in [1.807, 2.05) is 0 Å². The molecule has 0 bridgehead atoms. The third-order valence-electron chi connectivity index (χ3n) is 4.84. The molecule has 28 heavy (non-hydrogen) atoms. The Kier molecular flexibility index (Phi) is 5.04. The minimum absolute atomic E-state index is 0.192. The quantitative estimate of drug-likeness (QED) is 0.727. The molecule has 1 aromatic carbocycles. The van der Waals surface area contributed by atoms with Crippen molar-refractivity contribution in [2.75, 3.05) is 23.3 Å². The van der Waals surface area contributed by atoms with Gasteiger partial charge in [-0.3, -0.25) is 4.79 Å². The maximum Gasteiger partial charge on any atom is 0.350 e. The number of nitrogens with zero attached hydrogens (tertiary/aromatic N) is 5. The number of hydrogen-bond acceptors (Lipinski definition) is 5. The van der Waals surface area contributed by atoms with Gasteiger partial charge in [0.25, 0.3) is 0 Å².